The van der Waals surface area contributed by atoms with Crippen molar-refractivity contribution in [3.8, 4) is 0 Å². The summed E-state index contributed by atoms with van der Waals surface area (Å²) in [5, 5.41) is 29.3. The number of aliphatic hydroxyl groups excluding tert-OH is 3. The largest absolute Gasteiger partial charge is 0.462 e. The molecule has 41 heavy (non-hydrogen) atoms. The van der Waals surface area contributed by atoms with E-state index in [1.54, 1.807) is 43.4 Å². The van der Waals surface area contributed by atoms with Gasteiger partial charge in [-0.3, -0.25) is 4.79 Å². The number of allylic oxidation sites excluding steroid dienone is 5. The molecule has 0 radical (unpaired) electrons. The van der Waals surface area contributed by atoms with Crippen molar-refractivity contribution < 1.29 is 34.4 Å². The van der Waals surface area contributed by atoms with Gasteiger partial charge < -0.3 is 24.8 Å². The molecule has 0 saturated heterocycles. The summed E-state index contributed by atoms with van der Waals surface area (Å²) in [6, 6.07) is 7.19. The van der Waals surface area contributed by atoms with Gasteiger partial charge in [-0.15, -0.1) is 0 Å². The normalized spacial score (nSPS) is 23.6. The van der Waals surface area contributed by atoms with Crippen molar-refractivity contribution in [2.24, 2.45) is 11.8 Å². The van der Waals surface area contributed by atoms with Gasteiger partial charge in [-0.05, 0) is 62.6 Å². The Hall–Kier alpha value is -3.00. The molecule has 2 rings (SSSR count). The van der Waals surface area contributed by atoms with Crippen molar-refractivity contribution in [1.29, 1.82) is 0 Å². The fourth-order valence-electron chi connectivity index (χ4n) is 4.56. The lowest BCUT2D eigenvalue weighted by molar-refractivity contribution is -0.151. The first-order valence-electron chi connectivity index (χ1n) is 14.7. The maximum absolute atomic E-state index is 13.1. The Morgan fingerprint density at radius 2 is 1.85 bits per heavy atom. The lowest BCUT2D eigenvalue weighted by Gasteiger charge is -2.25. The van der Waals surface area contributed by atoms with Crippen LogP contribution in [0.25, 0.3) is 6.08 Å². The van der Waals surface area contributed by atoms with E-state index in [9.17, 15) is 24.9 Å². The first-order chi connectivity index (χ1) is 19.5. The van der Waals surface area contributed by atoms with Gasteiger partial charge in [-0.25, -0.2) is 4.79 Å². The summed E-state index contributed by atoms with van der Waals surface area (Å²) >= 11 is 0. The summed E-state index contributed by atoms with van der Waals surface area (Å²) in [5.41, 5.74) is 2.05. The molecule has 0 aromatic heterocycles. The van der Waals surface area contributed by atoms with Gasteiger partial charge in [0.2, 0.25) is 0 Å². The van der Waals surface area contributed by atoms with Crippen LogP contribution in [0.15, 0.2) is 66.3 Å². The molecule has 0 saturated carbocycles. The lowest BCUT2D eigenvalue weighted by Crippen LogP contribution is -2.27. The Morgan fingerprint density at radius 3 is 2.56 bits per heavy atom. The van der Waals surface area contributed by atoms with Crippen molar-refractivity contribution in [2.45, 2.75) is 104 Å². The highest BCUT2D eigenvalue weighted by molar-refractivity contribution is 5.90. The van der Waals surface area contributed by atoms with Gasteiger partial charge in [0, 0.05) is 19.3 Å². The number of carbonyl (C=O) groups is 2. The van der Waals surface area contributed by atoms with E-state index >= 15 is 0 Å². The quantitative estimate of drug-likeness (QED) is 0.182. The number of carbonyl (C=O) groups excluding carboxylic acids is 2. The summed E-state index contributed by atoms with van der Waals surface area (Å²) in [6.45, 7) is 9.55. The first-order valence-corrected chi connectivity index (χ1v) is 14.7. The summed E-state index contributed by atoms with van der Waals surface area (Å²) in [6.07, 6.45) is 12.8. The molecular formula is C34H48O7. The third kappa shape index (κ3) is 13.0. The second-order valence-electron chi connectivity index (χ2n) is 11.4. The molecule has 7 nitrogen and oxygen atoms in total. The average Bonchev–Trinajstić information content (AvgIpc) is 2.91. The van der Waals surface area contributed by atoms with Gasteiger partial charge in [0.25, 0.3) is 0 Å². The van der Waals surface area contributed by atoms with Gasteiger partial charge in [-0.2, -0.15) is 0 Å². The van der Waals surface area contributed by atoms with Gasteiger partial charge in [-0.1, -0.05) is 81.0 Å². The number of benzene rings is 1. The fourth-order valence-corrected chi connectivity index (χ4v) is 4.56. The first kappa shape index (κ1) is 34.2. The van der Waals surface area contributed by atoms with E-state index in [2.05, 4.69) is 32.9 Å². The van der Waals surface area contributed by atoms with Crippen molar-refractivity contribution in [1.82, 2.24) is 0 Å². The van der Waals surface area contributed by atoms with E-state index in [0.717, 1.165) is 17.6 Å². The van der Waals surface area contributed by atoms with Crippen LogP contribution >= 0.6 is 0 Å². The molecule has 1 aliphatic heterocycles. The molecule has 226 valence electrons. The Labute approximate surface area is 245 Å². The van der Waals surface area contributed by atoms with Crippen molar-refractivity contribution in [3.63, 3.8) is 0 Å². The Morgan fingerprint density at radius 1 is 1.12 bits per heavy atom. The van der Waals surface area contributed by atoms with Crippen molar-refractivity contribution >= 4 is 18.0 Å². The zero-order chi connectivity index (χ0) is 30.4. The summed E-state index contributed by atoms with van der Waals surface area (Å²) in [7, 11) is 0. The highest BCUT2D eigenvalue weighted by Crippen LogP contribution is 2.23. The molecule has 1 aromatic rings. The zero-order valence-electron chi connectivity index (χ0n) is 25.1. The zero-order valence-corrected chi connectivity index (χ0v) is 25.1. The van der Waals surface area contributed by atoms with Crippen LogP contribution in [0, 0.1) is 11.8 Å². The summed E-state index contributed by atoms with van der Waals surface area (Å²) in [5.74, 6) is -0.241. The number of ether oxygens (including phenoxy) is 2. The van der Waals surface area contributed by atoms with E-state index in [4.69, 9.17) is 9.47 Å². The maximum atomic E-state index is 13.1. The number of hydrogen-bond donors (Lipinski definition) is 3. The van der Waals surface area contributed by atoms with E-state index in [-0.39, 0.29) is 36.4 Å². The Kier molecular flexibility index (Phi) is 14.8. The third-order valence-electron chi connectivity index (χ3n) is 7.12. The number of esters is 2. The molecule has 0 aliphatic carbocycles. The van der Waals surface area contributed by atoms with Gasteiger partial charge in [0.1, 0.15) is 12.2 Å². The van der Waals surface area contributed by atoms with Gasteiger partial charge in [0.15, 0.2) is 0 Å². The number of rotatable bonds is 10. The van der Waals surface area contributed by atoms with Crippen LogP contribution in [0.1, 0.15) is 89.1 Å². The molecule has 0 fully saturated rings. The second-order valence-corrected chi connectivity index (χ2v) is 11.4. The molecule has 0 bridgehead atoms. The fraction of sp³-hybridized carbons (Fsp3) is 0.529. The summed E-state index contributed by atoms with van der Waals surface area (Å²) in [4.78, 5) is 25.4. The van der Waals surface area contributed by atoms with Crippen molar-refractivity contribution in [3.05, 3.63) is 77.4 Å². The van der Waals surface area contributed by atoms with Crippen LogP contribution in [-0.2, 0) is 14.3 Å². The van der Waals surface area contributed by atoms with Crippen molar-refractivity contribution in [2.75, 3.05) is 0 Å². The molecule has 3 N–H and O–H groups in total. The molecule has 0 unspecified atom stereocenters. The van der Waals surface area contributed by atoms with E-state index < -0.39 is 24.3 Å². The SMILES string of the molecule is CC(C=CC=Cc1cccc(C(=O)O[C@H]2CCCC(=O)O[C@@H](C(C)C)CC=CC[C@@H]2C)c1)=C[C@H](O)[C@@H](O)C[C@H](C)O. The lowest BCUT2D eigenvalue weighted by atomic mass is 9.94. The molecule has 7 heteroatoms. The molecule has 1 aromatic carbocycles. The predicted molar refractivity (Wildman–Crippen MR) is 162 cm³/mol. The molecule has 0 spiro atoms. The van der Waals surface area contributed by atoms with Crippen LogP contribution < -0.4 is 0 Å². The number of cyclic esters (lactones) is 1. The summed E-state index contributed by atoms with van der Waals surface area (Å²) < 4.78 is 11.6. The standard InChI is InChI=1S/C34H48O7/c1-23(2)31-17-9-7-13-25(4)32(18-11-19-33(38)40-31)41-34(39)28-16-10-15-27(22-28)14-8-6-12-24(3)20-29(36)30(37)21-26(5)35/h6-10,12,14-16,20,22-23,25-26,29-32,35-37H,11,13,17-19,21H2,1-5H3/t25-,26-,29-,30-,31+,32-/m0/s1. The Bertz CT molecular complexity index is 1080. The second kappa shape index (κ2) is 17.7. The van der Waals surface area contributed by atoms with Crippen LogP contribution in [-0.4, -0.2) is 57.8 Å². The minimum atomic E-state index is -1.06. The van der Waals surface area contributed by atoms with Crippen LogP contribution in [0.5, 0.6) is 0 Å². The minimum Gasteiger partial charge on any atom is -0.462 e. The van der Waals surface area contributed by atoms with Gasteiger partial charge >= 0.3 is 11.9 Å². The monoisotopic (exact) mass is 568 g/mol. The molecule has 0 amide bonds. The van der Waals surface area contributed by atoms with Crippen LogP contribution in [0.2, 0.25) is 0 Å². The third-order valence-corrected chi connectivity index (χ3v) is 7.12. The highest BCUT2D eigenvalue weighted by Gasteiger charge is 2.24. The topological polar surface area (TPSA) is 113 Å². The van der Waals surface area contributed by atoms with E-state index in [0.29, 0.717) is 31.2 Å². The Balaban J connectivity index is 2.01. The number of hydrogen-bond acceptors (Lipinski definition) is 7. The number of aliphatic hydroxyl groups is 3. The van der Waals surface area contributed by atoms with E-state index in [1.165, 1.54) is 0 Å². The molecule has 1 heterocycles. The highest BCUT2D eigenvalue weighted by atomic mass is 16.5. The molecule has 1 aliphatic rings. The average molecular weight is 569 g/mol. The molecule has 6 atom stereocenters. The molecular weight excluding hydrogens is 520 g/mol. The maximum Gasteiger partial charge on any atom is 0.338 e. The minimum absolute atomic E-state index is 0.0947. The smallest absolute Gasteiger partial charge is 0.338 e. The van der Waals surface area contributed by atoms with Crippen LogP contribution in [0.4, 0.5) is 0 Å². The predicted octanol–water partition coefficient (Wildman–Crippen LogP) is 5.94. The van der Waals surface area contributed by atoms with Gasteiger partial charge in [0.05, 0.1) is 23.9 Å². The van der Waals surface area contributed by atoms with E-state index in [1.807, 2.05) is 25.1 Å². The van der Waals surface area contributed by atoms with Crippen LogP contribution in [0.3, 0.4) is 0 Å².